The number of hydrogen-bond acceptors (Lipinski definition) is 6. The third kappa shape index (κ3) is 3.92. The summed E-state index contributed by atoms with van der Waals surface area (Å²) in [6, 6.07) is 14.5. The molecular weight excluding hydrogens is 438 g/mol. The van der Waals surface area contributed by atoms with E-state index in [9.17, 15) is 4.79 Å². The number of carbonyl (C=O) groups excluding carboxylic acids is 1. The van der Waals surface area contributed by atoms with Crippen molar-refractivity contribution in [2.75, 3.05) is 19.1 Å². The fraction of sp³-hybridized carbons (Fsp3) is 0.360. The predicted octanol–water partition coefficient (Wildman–Crippen LogP) is 6.31. The molecule has 1 amide bonds. The SMILES string of the molecule is COc1ccc2c(c1)N(C)/C(=C1/SC(=Nc3ccc(C)cc3)N(C3CCCCC3)C1=O)S2. The van der Waals surface area contributed by atoms with Crippen LogP contribution in [0.25, 0.3) is 0 Å². The first-order valence-corrected chi connectivity index (χ1v) is 12.7. The van der Waals surface area contributed by atoms with Crippen LogP contribution < -0.4 is 9.64 Å². The Hall–Kier alpha value is -2.38. The van der Waals surface area contributed by atoms with Crippen molar-refractivity contribution in [3.8, 4) is 5.75 Å². The van der Waals surface area contributed by atoms with Gasteiger partial charge in [-0.3, -0.25) is 9.69 Å². The van der Waals surface area contributed by atoms with Crippen molar-refractivity contribution in [1.82, 2.24) is 4.90 Å². The molecule has 0 N–H and O–H groups in total. The van der Waals surface area contributed by atoms with Crippen molar-refractivity contribution < 1.29 is 9.53 Å². The number of fused-ring (bicyclic) bond motifs is 1. The number of carbonyl (C=O) groups is 1. The van der Waals surface area contributed by atoms with Crippen LogP contribution in [0.15, 0.2) is 62.3 Å². The van der Waals surface area contributed by atoms with Gasteiger partial charge in [-0.15, -0.1) is 0 Å². The van der Waals surface area contributed by atoms with E-state index in [0.29, 0.717) is 0 Å². The zero-order valence-corrected chi connectivity index (χ0v) is 20.3. The average molecular weight is 466 g/mol. The van der Waals surface area contributed by atoms with E-state index in [1.165, 1.54) is 36.6 Å². The van der Waals surface area contributed by atoms with Crippen molar-refractivity contribution >= 4 is 46.0 Å². The summed E-state index contributed by atoms with van der Waals surface area (Å²) < 4.78 is 5.41. The molecule has 0 radical (unpaired) electrons. The van der Waals surface area contributed by atoms with Crippen molar-refractivity contribution in [2.45, 2.75) is 50.0 Å². The van der Waals surface area contributed by atoms with Gasteiger partial charge in [0.25, 0.3) is 5.91 Å². The lowest BCUT2D eigenvalue weighted by Gasteiger charge is -2.30. The summed E-state index contributed by atoms with van der Waals surface area (Å²) >= 11 is 3.16. The highest BCUT2D eigenvalue weighted by molar-refractivity contribution is 8.19. The highest BCUT2D eigenvalue weighted by atomic mass is 32.2. The van der Waals surface area contributed by atoms with E-state index >= 15 is 0 Å². The van der Waals surface area contributed by atoms with E-state index in [2.05, 4.69) is 30.0 Å². The first-order valence-electron chi connectivity index (χ1n) is 11.1. The molecule has 5 nitrogen and oxygen atoms in total. The van der Waals surface area contributed by atoms with Gasteiger partial charge in [0.15, 0.2) is 5.17 Å². The number of anilines is 1. The summed E-state index contributed by atoms with van der Waals surface area (Å²) in [5, 5.41) is 1.77. The second-order valence-corrected chi connectivity index (χ2v) is 10.4. The fourth-order valence-electron chi connectivity index (χ4n) is 4.44. The Morgan fingerprint density at radius 2 is 1.78 bits per heavy atom. The first kappa shape index (κ1) is 21.5. The van der Waals surface area contributed by atoms with Gasteiger partial charge in [-0.05, 0) is 55.8 Å². The van der Waals surface area contributed by atoms with Crippen LogP contribution in [-0.2, 0) is 4.79 Å². The Morgan fingerprint density at radius 3 is 2.50 bits per heavy atom. The number of rotatable bonds is 3. The van der Waals surface area contributed by atoms with Gasteiger partial charge in [0, 0.05) is 24.1 Å². The van der Waals surface area contributed by atoms with E-state index in [1.807, 2.05) is 36.2 Å². The number of amidine groups is 1. The molecule has 2 fully saturated rings. The van der Waals surface area contributed by atoms with Crippen LogP contribution in [0.4, 0.5) is 11.4 Å². The van der Waals surface area contributed by atoms with Crippen LogP contribution in [0.1, 0.15) is 37.7 Å². The zero-order valence-electron chi connectivity index (χ0n) is 18.6. The number of amides is 1. The molecule has 0 spiro atoms. The number of hydrogen-bond donors (Lipinski definition) is 0. The number of methoxy groups -OCH3 is 1. The standard InChI is InChI=1S/C25H27N3O2S2/c1-16-9-11-17(12-10-16)26-25-28(18-7-5-4-6-8-18)23(29)22(32-25)24-27(2)20-15-19(30-3)13-14-21(20)31-24/h9-15,18H,4-8H2,1-3H3/b24-22-,26-25?. The molecule has 1 aliphatic carbocycles. The molecule has 3 aliphatic rings. The lowest BCUT2D eigenvalue weighted by atomic mass is 9.94. The summed E-state index contributed by atoms with van der Waals surface area (Å²) in [5.41, 5.74) is 3.16. The molecule has 0 unspecified atom stereocenters. The molecular formula is C25H27N3O2S2. The monoisotopic (exact) mass is 465 g/mol. The molecule has 5 rings (SSSR count). The lowest BCUT2D eigenvalue weighted by Crippen LogP contribution is -2.40. The third-order valence-electron chi connectivity index (χ3n) is 6.24. The van der Waals surface area contributed by atoms with Gasteiger partial charge in [-0.1, -0.05) is 48.7 Å². The van der Waals surface area contributed by atoms with E-state index in [1.54, 1.807) is 18.9 Å². The summed E-state index contributed by atoms with van der Waals surface area (Å²) in [7, 11) is 3.70. The van der Waals surface area contributed by atoms with E-state index < -0.39 is 0 Å². The quantitative estimate of drug-likeness (QED) is 0.497. The third-order valence-corrected chi connectivity index (χ3v) is 8.65. The van der Waals surface area contributed by atoms with Crippen LogP contribution >= 0.6 is 23.5 Å². The fourth-order valence-corrected chi connectivity index (χ4v) is 6.82. The van der Waals surface area contributed by atoms with Crippen LogP contribution in [0.2, 0.25) is 0 Å². The van der Waals surface area contributed by atoms with E-state index in [4.69, 9.17) is 9.73 Å². The van der Waals surface area contributed by atoms with E-state index in [0.717, 1.165) is 50.0 Å². The molecule has 2 heterocycles. The Bertz CT molecular complexity index is 1100. The lowest BCUT2D eigenvalue weighted by molar-refractivity contribution is -0.124. The normalized spacial score (nSPS) is 22.7. The second-order valence-electron chi connectivity index (χ2n) is 8.43. The molecule has 32 heavy (non-hydrogen) atoms. The largest absolute Gasteiger partial charge is 0.497 e. The molecule has 0 bridgehead atoms. The number of thioether (sulfide) groups is 2. The molecule has 2 aliphatic heterocycles. The Balaban J connectivity index is 1.54. The summed E-state index contributed by atoms with van der Waals surface area (Å²) in [6.45, 7) is 2.07. The summed E-state index contributed by atoms with van der Waals surface area (Å²) in [6.07, 6.45) is 5.68. The molecule has 2 aromatic carbocycles. The van der Waals surface area contributed by atoms with Crippen molar-refractivity contribution in [1.29, 1.82) is 0 Å². The number of aliphatic imine (C=N–C) groups is 1. The zero-order chi connectivity index (χ0) is 22.2. The minimum Gasteiger partial charge on any atom is -0.497 e. The average Bonchev–Trinajstić information content (AvgIpc) is 3.31. The number of ether oxygens (including phenoxy) is 1. The highest BCUT2D eigenvalue weighted by Gasteiger charge is 2.42. The van der Waals surface area contributed by atoms with Gasteiger partial charge in [0.2, 0.25) is 0 Å². The molecule has 0 aromatic heterocycles. The predicted molar refractivity (Wildman–Crippen MR) is 134 cm³/mol. The Morgan fingerprint density at radius 1 is 1.03 bits per heavy atom. The molecule has 2 aromatic rings. The van der Waals surface area contributed by atoms with Gasteiger partial charge in [0.05, 0.1) is 23.5 Å². The maximum atomic E-state index is 13.8. The van der Waals surface area contributed by atoms with Gasteiger partial charge in [-0.25, -0.2) is 4.99 Å². The maximum Gasteiger partial charge on any atom is 0.269 e. The van der Waals surface area contributed by atoms with Crippen molar-refractivity contribution in [2.24, 2.45) is 4.99 Å². The van der Waals surface area contributed by atoms with Crippen LogP contribution in [0.5, 0.6) is 5.75 Å². The molecule has 1 saturated carbocycles. The topological polar surface area (TPSA) is 45.1 Å². The first-order chi connectivity index (χ1) is 15.5. The number of nitrogens with zero attached hydrogens (tertiary/aromatic N) is 3. The molecule has 7 heteroatoms. The Kier molecular flexibility index (Phi) is 5.95. The summed E-state index contributed by atoms with van der Waals surface area (Å²) in [4.78, 5) is 24.7. The van der Waals surface area contributed by atoms with Crippen LogP contribution in [0.3, 0.4) is 0 Å². The van der Waals surface area contributed by atoms with E-state index in [-0.39, 0.29) is 11.9 Å². The van der Waals surface area contributed by atoms with Crippen LogP contribution in [-0.4, -0.2) is 36.2 Å². The maximum absolute atomic E-state index is 13.8. The number of aryl methyl sites for hydroxylation is 1. The smallest absolute Gasteiger partial charge is 0.269 e. The minimum absolute atomic E-state index is 0.0851. The summed E-state index contributed by atoms with van der Waals surface area (Å²) in [5.74, 6) is 0.903. The van der Waals surface area contributed by atoms with Crippen molar-refractivity contribution in [3.05, 3.63) is 58.0 Å². The molecule has 166 valence electrons. The molecule has 0 atom stereocenters. The van der Waals surface area contributed by atoms with Crippen molar-refractivity contribution in [3.63, 3.8) is 0 Å². The van der Waals surface area contributed by atoms with Gasteiger partial charge in [0.1, 0.15) is 10.7 Å². The minimum atomic E-state index is 0.0851. The second kappa shape index (κ2) is 8.87. The van der Waals surface area contributed by atoms with Gasteiger partial charge < -0.3 is 9.64 Å². The van der Waals surface area contributed by atoms with Gasteiger partial charge >= 0.3 is 0 Å². The number of benzene rings is 2. The van der Waals surface area contributed by atoms with Gasteiger partial charge in [-0.2, -0.15) is 0 Å². The molecule has 1 saturated heterocycles. The van der Waals surface area contributed by atoms with Crippen LogP contribution in [0, 0.1) is 6.92 Å². The highest BCUT2D eigenvalue weighted by Crippen LogP contribution is 2.51. The Labute approximate surface area is 197 Å².